The molecule has 324 valence electrons. The number of carbonyl (C=O) groups excluding carboxylic acids is 3. The average Bonchev–Trinajstić information content (AvgIpc) is 4.24. The fourth-order valence-corrected chi connectivity index (χ4v) is 9.12. The van der Waals surface area contributed by atoms with Gasteiger partial charge < -0.3 is 5.11 Å². The first-order chi connectivity index (χ1) is 30.4. The van der Waals surface area contributed by atoms with E-state index in [2.05, 4.69) is 30.2 Å². The number of hydrogen-bond donors (Lipinski definition) is 1. The Bertz CT molecular complexity index is 2450. The van der Waals surface area contributed by atoms with Gasteiger partial charge in [0, 0.05) is 37.0 Å². The van der Waals surface area contributed by atoms with Crippen LogP contribution in [0.3, 0.4) is 0 Å². The Balaban J connectivity index is 0.000000112. The van der Waals surface area contributed by atoms with Crippen LogP contribution in [-0.4, -0.2) is 66.7 Å². The van der Waals surface area contributed by atoms with Crippen LogP contribution in [0.2, 0.25) is 0 Å². The number of nitrogens with zero attached hydrogens (tertiary/aromatic N) is 9. The molecule has 1 N–H and O–H groups in total. The first-order valence-electron chi connectivity index (χ1n) is 22.1. The third-order valence-electron chi connectivity index (χ3n) is 13.2. The first kappa shape index (κ1) is 41.0. The molecule has 6 aliphatic rings. The van der Waals surface area contributed by atoms with Gasteiger partial charge in [-0.25, -0.2) is 37.8 Å². The average molecular weight is 854 g/mol. The highest BCUT2D eigenvalue weighted by atomic mass is 19.1. The van der Waals surface area contributed by atoms with Gasteiger partial charge in [-0.3, -0.25) is 14.4 Å². The van der Waals surface area contributed by atoms with E-state index in [0.717, 1.165) is 71.9 Å². The van der Waals surface area contributed by atoms with E-state index < -0.39 is 18.4 Å². The molecule has 0 unspecified atom stereocenters. The van der Waals surface area contributed by atoms with Crippen LogP contribution in [-0.2, 0) is 0 Å². The Hall–Kier alpha value is -6.09. The van der Waals surface area contributed by atoms with Crippen molar-refractivity contribution in [2.45, 2.75) is 115 Å². The van der Waals surface area contributed by atoms with Gasteiger partial charge in [-0.05, 0) is 92.7 Å². The van der Waals surface area contributed by atoms with Gasteiger partial charge in [0.2, 0.25) is 34.8 Å². The zero-order chi connectivity index (χ0) is 43.7. The van der Waals surface area contributed by atoms with Gasteiger partial charge in [0.15, 0.2) is 29.8 Å². The van der Waals surface area contributed by atoms with Gasteiger partial charge in [-0.1, -0.05) is 72.8 Å². The Morgan fingerprint density at radius 3 is 1.13 bits per heavy atom. The molecule has 6 aromatic rings. The van der Waals surface area contributed by atoms with Crippen molar-refractivity contribution >= 4 is 17.3 Å². The molecule has 63 heavy (non-hydrogen) atoms. The summed E-state index contributed by atoms with van der Waals surface area (Å²) in [5, 5.41) is 23.3. The maximum atomic E-state index is 14.2. The van der Waals surface area contributed by atoms with E-state index in [1.807, 2.05) is 93.6 Å². The maximum Gasteiger partial charge on any atom is 0.217 e. The van der Waals surface area contributed by atoms with Gasteiger partial charge >= 0.3 is 0 Å². The smallest absolute Gasteiger partial charge is 0.217 e. The number of aryl methyl sites for hydroxylation is 3. The molecule has 3 aliphatic heterocycles. The van der Waals surface area contributed by atoms with Gasteiger partial charge in [0.1, 0.15) is 6.10 Å². The lowest BCUT2D eigenvalue weighted by molar-refractivity contribution is 0.0948. The SMILES string of the molecule is Cc1ccccc1[C@@H]1C[C@@H](F)c2nc(C(=O)C3CC3)nn21.Cc1ccccc1[C@@H]1C[C@@H](O)c2nc(C(=O)C3CC3)nn21.Cc1ccccc1[C@@H]1C[C@H](F)c2nc(C(=O)C3CC3)nn21. The summed E-state index contributed by atoms with van der Waals surface area (Å²) in [4.78, 5) is 48.9. The maximum absolute atomic E-state index is 14.2. The summed E-state index contributed by atoms with van der Waals surface area (Å²) in [5.74, 6) is 1.93. The largest absolute Gasteiger partial charge is 0.385 e. The number of carbonyl (C=O) groups is 3. The molecule has 0 radical (unpaired) electrons. The van der Waals surface area contributed by atoms with E-state index in [-0.39, 0.29) is 70.7 Å². The van der Waals surface area contributed by atoms with Crippen LogP contribution in [0.5, 0.6) is 0 Å². The second kappa shape index (κ2) is 16.2. The van der Waals surface area contributed by atoms with E-state index >= 15 is 0 Å². The number of hydrogen-bond acceptors (Lipinski definition) is 10. The summed E-state index contributed by atoms with van der Waals surface area (Å²) in [6, 6.07) is 23.5. The fraction of sp³-hybridized carbons (Fsp3) is 0.438. The highest BCUT2D eigenvalue weighted by Crippen LogP contribution is 2.43. The molecule has 15 heteroatoms. The second-order valence-corrected chi connectivity index (χ2v) is 17.9. The molecule has 3 aliphatic carbocycles. The minimum atomic E-state index is -1.15. The molecule has 6 atom stereocenters. The van der Waals surface area contributed by atoms with Crippen molar-refractivity contribution in [3.8, 4) is 0 Å². The Labute approximate surface area is 363 Å². The Morgan fingerprint density at radius 1 is 0.492 bits per heavy atom. The molecule has 6 heterocycles. The van der Waals surface area contributed by atoms with Gasteiger partial charge in [-0.2, -0.15) is 0 Å². The summed E-state index contributed by atoms with van der Waals surface area (Å²) in [6.45, 7) is 6.06. The van der Waals surface area contributed by atoms with Crippen molar-refractivity contribution in [1.82, 2.24) is 44.3 Å². The molecule has 0 amide bonds. The van der Waals surface area contributed by atoms with E-state index in [1.165, 1.54) is 0 Å². The fourth-order valence-electron chi connectivity index (χ4n) is 9.12. The Kier molecular flexibility index (Phi) is 10.6. The van der Waals surface area contributed by atoms with Crippen molar-refractivity contribution in [3.63, 3.8) is 0 Å². The molecule has 3 fully saturated rings. The summed E-state index contributed by atoms with van der Waals surface area (Å²) in [5.41, 5.74) is 6.60. The van der Waals surface area contributed by atoms with Crippen molar-refractivity contribution in [2.75, 3.05) is 0 Å². The highest BCUT2D eigenvalue weighted by Gasteiger charge is 2.42. The molecular weight excluding hydrogens is 805 g/mol. The summed E-state index contributed by atoms with van der Waals surface area (Å²) < 4.78 is 33.5. The van der Waals surface area contributed by atoms with Crippen LogP contribution in [0, 0.1) is 38.5 Å². The Morgan fingerprint density at radius 2 is 0.794 bits per heavy atom. The lowest BCUT2D eigenvalue weighted by Gasteiger charge is -2.14. The number of benzene rings is 3. The van der Waals surface area contributed by atoms with E-state index in [0.29, 0.717) is 36.7 Å². The molecule has 3 aromatic heterocycles. The molecule has 0 bridgehead atoms. The van der Waals surface area contributed by atoms with Gasteiger partial charge in [0.05, 0.1) is 18.1 Å². The predicted molar refractivity (Wildman–Crippen MR) is 226 cm³/mol. The molecular formula is C48H49F2N9O4. The lowest BCUT2D eigenvalue weighted by atomic mass is 9.99. The zero-order valence-corrected chi connectivity index (χ0v) is 35.4. The van der Waals surface area contributed by atoms with Crippen LogP contribution < -0.4 is 0 Å². The first-order valence-corrected chi connectivity index (χ1v) is 22.1. The molecule has 12 rings (SSSR count). The topological polar surface area (TPSA) is 164 Å². The third kappa shape index (κ3) is 7.85. The summed E-state index contributed by atoms with van der Waals surface area (Å²) in [6.07, 6.45) is 3.80. The molecule has 13 nitrogen and oxygen atoms in total. The van der Waals surface area contributed by atoms with E-state index in [9.17, 15) is 28.3 Å². The third-order valence-corrected chi connectivity index (χ3v) is 13.2. The van der Waals surface area contributed by atoms with Crippen LogP contribution in [0.1, 0.15) is 177 Å². The minimum Gasteiger partial charge on any atom is -0.385 e. The number of halogens is 2. The van der Waals surface area contributed by atoms with Crippen molar-refractivity contribution in [1.29, 1.82) is 0 Å². The van der Waals surface area contributed by atoms with Crippen molar-refractivity contribution in [2.24, 2.45) is 17.8 Å². The number of fused-ring (bicyclic) bond motifs is 3. The quantitative estimate of drug-likeness (QED) is 0.139. The summed E-state index contributed by atoms with van der Waals surface area (Å²) in [7, 11) is 0. The number of Topliss-reactive ketones (excluding diaryl/α,β-unsaturated/α-hetero) is 3. The van der Waals surface area contributed by atoms with Crippen LogP contribution in [0.4, 0.5) is 8.78 Å². The van der Waals surface area contributed by atoms with Crippen molar-refractivity contribution in [3.05, 3.63) is 141 Å². The molecule has 0 spiro atoms. The second-order valence-electron chi connectivity index (χ2n) is 17.9. The lowest BCUT2D eigenvalue weighted by Crippen LogP contribution is -2.11. The molecule has 3 aromatic carbocycles. The van der Waals surface area contributed by atoms with Gasteiger partial charge in [-0.15, -0.1) is 15.3 Å². The number of aliphatic hydroxyl groups is 1. The standard InChI is InChI=1S/2C16H16FN3O.C16H17N3O2/c2*1-9-4-2-3-5-11(9)13-8-12(17)16-18-15(19-20(13)16)14(21)10-6-7-10;1-9-4-2-3-5-11(9)12-8-13(20)16-17-15(18-19(12)16)14(21)10-6-7-10/h2*2-5,10,12-13H,6-8H2,1H3;2-5,10,12-13,20H,6-8H2,1H3/t12-,13+;12-,13-;12-,13+/m100/s1. The summed E-state index contributed by atoms with van der Waals surface area (Å²) >= 11 is 0. The molecule has 3 saturated carbocycles. The van der Waals surface area contributed by atoms with E-state index in [1.54, 1.807) is 14.0 Å². The number of ketones is 3. The van der Waals surface area contributed by atoms with E-state index in [4.69, 9.17) is 0 Å². The number of aromatic nitrogens is 9. The highest BCUT2D eigenvalue weighted by molar-refractivity contribution is 5.97. The van der Waals surface area contributed by atoms with Crippen LogP contribution >= 0.6 is 0 Å². The van der Waals surface area contributed by atoms with Crippen molar-refractivity contribution < 1.29 is 28.3 Å². The number of alkyl halides is 2. The monoisotopic (exact) mass is 853 g/mol. The predicted octanol–water partition coefficient (Wildman–Crippen LogP) is 8.57. The zero-order valence-electron chi connectivity index (χ0n) is 35.4. The minimum absolute atomic E-state index is 0.0210. The van der Waals surface area contributed by atoms with Crippen LogP contribution in [0.25, 0.3) is 0 Å². The number of rotatable bonds is 9. The van der Waals surface area contributed by atoms with Gasteiger partial charge in [0.25, 0.3) is 0 Å². The number of aliphatic hydroxyl groups excluding tert-OH is 1. The molecule has 0 saturated heterocycles. The normalized spacial score (nSPS) is 24.1. The van der Waals surface area contributed by atoms with Crippen LogP contribution in [0.15, 0.2) is 72.8 Å².